The van der Waals surface area contributed by atoms with Crippen molar-refractivity contribution < 1.29 is 8.78 Å². The van der Waals surface area contributed by atoms with Gasteiger partial charge in [-0.2, -0.15) is 0 Å². The Balaban J connectivity index is 1.52. The van der Waals surface area contributed by atoms with Crippen LogP contribution in [0.2, 0.25) is 0 Å². The van der Waals surface area contributed by atoms with Crippen LogP contribution in [0, 0.1) is 11.6 Å². The second-order valence-corrected chi connectivity index (χ2v) is 5.37. The van der Waals surface area contributed by atoms with Gasteiger partial charge in [-0.05, 0) is 47.6 Å². The van der Waals surface area contributed by atoms with Crippen LogP contribution in [0.25, 0.3) is 0 Å². The molecule has 1 nitrogen and oxygen atoms in total. The summed E-state index contributed by atoms with van der Waals surface area (Å²) in [6.07, 6.45) is 2.63. The zero-order valence-corrected chi connectivity index (χ0v) is 11.2. The third-order valence-corrected chi connectivity index (χ3v) is 3.67. The topological polar surface area (TPSA) is 12.0 Å². The van der Waals surface area contributed by atoms with Crippen molar-refractivity contribution in [1.29, 1.82) is 0 Å². The van der Waals surface area contributed by atoms with Crippen molar-refractivity contribution >= 4 is 0 Å². The first-order valence-electron chi connectivity index (χ1n) is 6.96. The van der Waals surface area contributed by atoms with E-state index < -0.39 is 11.6 Å². The zero-order valence-electron chi connectivity index (χ0n) is 11.2. The molecule has 0 amide bonds. The molecule has 0 aliphatic heterocycles. The number of halogens is 2. The minimum Gasteiger partial charge on any atom is -0.309 e. The van der Waals surface area contributed by atoms with Gasteiger partial charge in [0.1, 0.15) is 0 Å². The van der Waals surface area contributed by atoms with E-state index in [1.165, 1.54) is 30.0 Å². The first kappa shape index (κ1) is 13.3. The Bertz CT molecular complexity index is 588. The van der Waals surface area contributed by atoms with E-state index >= 15 is 0 Å². The Morgan fingerprint density at radius 3 is 2.15 bits per heavy atom. The average Bonchev–Trinajstić information content (AvgIpc) is 3.28. The highest BCUT2D eigenvalue weighted by atomic mass is 19.2. The zero-order chi connectivity index (χ0) is 13.9. The molecule has 3 rings (SSSR count). The summed E-state index contributed by atoms with van der Waals surface area (Å²) in [5.41, 5.74) is 3.38. The molecule has 0 atom stereocenters. The van der Waals surface area contributed by atoms with E-state index in [-0.39, 0.29) is 0 Å². The summed E-state index contributed by atoms with van der Waals surface area (Å²) >= 11 is 0. The minimum atomic E-state index is -0.801. The summed E-state index contributed by atoms with van der Waals surface area (Å²) in [5, 5.41) is 3.24. The van der Waals surface area contributed by atoms with Gasteiger partial charge in [0, 0.05) is 13.1 Å². The van der Waals surface area contributed by atoms with E-state index in [4.69, 9.17) is 0 Å². The van der Waals surface area contributed by atoms with Crippen molar-refractivity contribution in [2.24, 2.45) is 0 Å². The maximum atomic E-state index is 13.1. The number of hydrogen-bond donors (Lipinski definition) is 1. The monoisotopic (exact) mass is 273 g/mol. The summed E-state index contributed by atoms with van der Waals surface area (Å²) < 4.78 is 25.9. The van der Waals surface area contributed by atoms with E-state index in [0.29, 0.717) is 6.54 Å². The van der Waals surface area contributed by atoms with Crippen LogP contribution in [0.1, 0.15) is 35.4 Å². The third-order valence-electron chi connectivity index (χ3n) is 3.67. The molecule has 0 aromatic heterocycles. The Kier molecular flexibility index (Phi) is 3.79. The molecule has 0 saturated heterocycles. The van der Waals surface area contributed by atoms with Crippen molar-refractivity contribution in [2.75, 3.05) is 0 Å². The van der Waals surface area contributed by atoms with Gasteiger partial charge in [-0.15, -0.1) is 0 Å². The molecule has 0 unspecified atom stereocenters. The molecular formula is C17H17F2N. The van der Waals surface area contributed by atoms with Crippen molar-refractivity contribution in [3.05, 3.63) is 70.8 Å². The lowest BCUT2D eigenvalue weighted by Crippen LogP contribution is -2.12. The first-order chi connectivity index (χ1) is 9.72. The lowest BCUT2D eigenvalue weighted by molar-refractivity contribution is 0.506. The molecule has 0 bridgehead atoms. The number of hydrogen-bond acceptors (Lipinski definition) is 1. The molecule has 0 heterocycles. The molecule has 2 aromatic rings. The van der Waals surface area contributed by atoms with Gasteiger partial charge >= 0.3 is 0 Å². The molecule has 1 aliphatic carbocycles. The predicted octanol–water partition coefficient (Wildman–Crippen LogP) is 4.13. The fourth-order valence-corrected chi connectivity index (χ4v) is 2.33. The van der Waals surface area contributed by atoms with Crippen molar-refractivity contribution in [2.45, 2.75) is 31.8 Å². The second-order valence-electron chi connectivity index (χ2n) is 5.37. The van der Waals surface area contributed by atoms with Gasteiger partial charge in [-0.25, -0.2) is 8.78 Å². The Labute approximate surface area is 117 Å². The van der Waals surface area contributed by atoms with Crippen molar-refractivity contribution in [3.63, 3.8) is 0 Å². The maximum absolute atomic E-state index is 13.1. The van der Waals surface area contributed by atoms with Crippen molar-refractivity contribution in [1.82, 2.24) is 5.32 Å². The molecule has 1 fully saturated rings. The van der Waals surface area contributed by atoms with Gasteiger partial charge < -0.3 is 5.32 Å². The molecule has 2 aromatic carbocycles. The normalized spacial score (nSPS) is 14.5. The Morgan fingerprint density at radius 1 is 0.850 bits per heavy atom. The highest BCUT2D eigenvalue weighted by Gasteiger charge is 2.22. The number of benzene rings is 2. The minimum absolute atomic E-state index is 0.529. The molecule has 20 heavy (non-hydrogen) atoms. The standard InChI is InChI=1S/C17H17F2N/c18-16-8-3-13(9-17(16)19)11-20-10-12-1-4-14(5-2-12)15-6-7-15/h1-5,8-9,15,20H,6-7,10-11H2. The van der Waals surface area contributed by atoms with Gasteiger partial charge in [0.05, 0.1) is 0 Å². The fraction of sp³-hybridized carbons (Fsp3) is 0.294. The molecule has 3 heteroatoms. The summed E-state index contributed by atoms with van der Waals surface area (Å²) in [5.74, 6) is -0.818. The Morgan fingerprint density at radius 2 is 1.50 bits per heavy atom. The second kappa shape index (κ2) is 5.71. The van der Waals surface area contributed by atoms with Crippen molar-refractivity contribution in [3.8, 4) is 0 Å². The Hall–Kier alpha value is -1.74. The summed E-state index contributed by atoms with van der Waals surface area (Å²) in [7, 11) is 0. The quantitative estimate of drug-likeness (QED) is 0.863. The maximum Gasteiger partial charge on any atom is 0.159 e. The lowest BCUT2D eigenvalue weighted by Gasteiger charge is -2.06. The fourth-order valence-electron chi connectivity index (χ4n) is 2.33. The van der Waals surface area contributed by atoms with Gasteiger partial charge in [0.15, 0.2) is 11.6 Å². The van der Waals surface area contributed by atoms with Gasteiger partial charge in [-0.3, -0.25) is 0 Å². The van der Waals surface area contributed by atoms with E-state index in [0.717, 1.165) is 24.1 Å². The average molecular weight is 273 g/mol. The van der Waals surface area contributed by atoms with E-state index in [1.807, 2.05) is 0 Å². The van der Waals surface area contributed by atoms with Gasteiger partial charge in [0.25, 0.3) is 0 Å². The molecule has 1 N–H and O–H groups in total. The van der Waals surface area contributed by atoms with Crippen LogP contribution in [0.15, 0.2) is 42.5 Å². The van der Waals surface area contributed by atoms with E-state index in [9.17, 15) is 8.78 Å². The highest BCUT2D eigenvalue weighted by Crippen LogP contribution is 2.39. The predicted molar refractivity (Wildman–Crippen MR) is 75.3 cm³/mol. The van der Waals surface area contributed by atoms with E-state index in [2.05, 4.69) is 29.6 Å². The molecule has 0 spiro atoms. The molecular weight excluding hydrogens is 256 g/mol. The van der Waals surface area contributed by atoms with Crippen LogP contribution >= 0.6 is 0 Å². The number of rotatable bonds is 5. The van der Waals surface area contributed by atoms with Gasteiger partial charge in [0.2, 0.25) is 0 Å². The van der Waals surface area contributed by atoms with Crippen LogP contribution in [0.4, 0.5) is 8.78 Å². The first-order valence-corrected chi connectivity index (χ1v) is 6.96. The molecule has 1 aliphatic rings. The molecule has 0 radical (unpaired) electrons. The number of nitrogens with one attached hydrogen (secondary N) is 1. The lowest BCUT2D eigenvalue weighted by atomic mass is 10.1. The molecule has 1 saturated carbocycles. The van der Waals surface area contributed by atoms with E-state index in [1.54, 1.807) is 6.07 Å². The highest BCUT2D eigenvalue weighted by molar-refractivity contribution is 5.28. The summed E-state index contributed by atoms with van der Waals surface area (Å²) in [6, 6.07) is 12.6. The van der Waals surface area contributed by atoms with Crippen LogP contribution in [-0.2, 0) is 13.1 Å². The summed E-state index contributed by atoms with van der Waals surface area (Å²) in [6.45, 7) is 1.26. The molecule has 104 valence electrons. The SMILES string of the molecule is Fc1ccc(CNCc2ccc(C3CC3)cc2)cc1F. The van der Waals surface area contributed by atoms with Crippen LogP contribution < -0.4 is 5.32 Å². The summed E-state index contributed by atoms with van der Waals surface area (Å²) in [4.78, 5) is 0. The smallest absolute Gasteiger partial charge is 0.159 e. The largest absolute Gasteiger partial charge is 0.309 e. The van der Waals surface area contributed by atoms with Crippen LogP contribution in [0.3, 0.4) is 0 Å². The van der Waals surface area contributed by atoms with Crippen LogP contribution in [-0.4, -0.2) is 0 Å². The van der Waals surface area contributed by atoms with Crippen LogP contribution in [0.5, 0.6) is 0 Å². The van der Waals surface area contributed by atoms with Gasteiger partial charge in [-0.1, -0.05) is 30.3 Å². The third kappa shape index (κ3) is 3.23.